The Morgan fingerprint density at radius 3 is 3.17 bits per heavy atom. The van der Waals surface area contributed by atoms with Crippen molar-refractivity contribution in [1.82, 2.24) is 5.32 Å². The second-order valence-electron chi connectivity index (χ2n) is 5.73. The van der Waals surface area contributed by atoms with Crippen molar-refractivity contribution in [2.24, 2.45) is 0 Å². The summed E-state index contributed by atoms with van der Waals surface area (Å²) in [6.07, 6.45) is 5.89. The second-order valence-corrected chi connectivity index (χ2v) is 5.73. The molecule has 0 saturated carbocycles. The summed E-state index contributed by atoms with van der Waals surface area (Å²) in [5.41, 5.74) is 4.25. The molecule has 1 aromatic rings. The fraction of sp³-hybridized carbons (Fsp3) is 0.600. The zero-order chi connectivity index (χ0) is 11.9. The summed E-state index contributed by atoms with van der Waals surface area (Å²) in [7, 11) is 0. The van der Waals surface area contributed by atoms with Crippen molar-refractivity contribution in [3.8, 4) is 0 Å². The highest BCUT2D eigenvalue weighted by Crippen LogP contribution is 2.35. The van der Waals surface area contributed by atoms with E-state index in [1.807, 2.05) is 0 Å². The van der Waals surface area contributed by atoms with Crippen LogP contribution in [-0.4, -0.2) is 24.8 Å². The summed E-state index contributed by atoms with van der Waals surface area (Å²) in [6.45, 7) is 2.05. The van der Waals surface area contributed by atoms with Crippen LogP contribution in [0.3, 0.4) is 0 Å². The molecule has 0 amide bonds. The molecule has 96 valence electrons. The van der Waals surface area contributed by atoms with Crippen molar-refractivity contribution in [2.45, 2.75) is 50.5 Å². The van der Waals surface area contributed by atoms with Gasteiger partial charge in [-0.3, -0.25) is 0 Å². The highest BCUT2D eigenvalue weighted by atomic mass is 16.5. The summed E-state index contributed by atoms with van der Waals surface area (Å²) in [6, 6.07) is 7.22. The average molecular weight is 244 g/mol. The first-order valence-electron chi connectivity index (χ1n) is 7.13. The largest absolute Gasteiger partial charge is 0.384 e. The van der Waals surface area contributed by atoms with Gasteiger partial charge < -0.3 is 15.4 Å². The van der Waals surface area contributed by atoms with Crippen LogP contribution in [0.4, 0.5) is 5.69 Å². The van der Waals surface area contributed by atoms with Crippen LogP contribution < -0.4 is 10.6 Å². The van der Waals surface area contributed by atoms with E-state index in [2.05, 4.69) is 28.8 Å². The molecule has 3 heterocycles. The van der Waals surface area contributed by atoms with Gasteiger partial charge in [0.15, 0.2) is 0 Å². The van der Waals surface area contributed by atoms with Gasteiger partial charge in [0, 0.05) is 24.8 Å². The minimum absolute atomic E-state index is 0.472. The molecule has 0 aromatic heterocycles. The van der Waals surface area contributed by atoms with E-state index >= 15 is 0 Å². The highest BCUT2D eigenvalue weighted by molar-refractivity contribution is 5.61. The molecule has 3 unspecified atom stereocenters. The fourth-order valence-corrected chi connectivity index (χ4v) is 3.65. The van der Waals surface area contributed by atoms with Crippen LogP contribution in [0.2, 0.25) is 0 Å². The van der Waals surface area contributed by atoms with Gasteiger partial charge in [0.1, 0.15) is 0 Å². The van der Waals surface area contributed by atoms with Gasteiger partial charge in [-0.05, 0) is 36.8 Å². The van der Waals surface area contributed by atoms with E-state index < -0.39 is 0 Å². The standard InChI is InChI=1S/C15H20N2O/c1-2-10-6-7-16-15(10)11(3-1)9-17-13-8-12-4-5-14(13)18-12/h1-3,12-14,16-17H,4-9H2. The van der Waals surface area contributed by atoms with Gasteiger partial charge in [-0.2, -0.15) is 0 Å². The molecule has 0 radical (unpaired) electrons. The molecule has 1 aromatic carbocycles. The smallest absolute Gasteiger partial charge is 0.0733 e. The third-order valence-electron chi connectivity index (χ3n) is 4.59. The van der Waals surface area contributed by atoms with E-state index in [4.69, 9.17) is 4.74 Å². The monoisotopic (exact) mass is 244 g/mol. The molecule has 3 aliphatic rings. The van der Waals surface area contributed by atoms with Crippen molar-refractivity contribution in [1.29, 1.82) is 0 Å². The van der Waals surface area contributed by atoms with Crippen molar-refractivity contribution in [2.75, 3.05) is 11.9 Å². The molecule has 0 aliphatic carbocycles. The van der Waals surface area contributed by atoms with Gasteiger partial charge in [-0.25, -0.2) is 0 Å². The quantitative estimate of drug-likeness (QED) is 0.854. The lowest BCUT2D eigenvalue weighted by atomic mass is 9.95. The SMILES string of the molecule is c1cc2c(c(CNC3CC4CCC3O4)c1)NCC2. The van der Waals surface area contributed by atoms with Crippen LogP contribution in [0.5, 0.6) is 0 Å². The molecule has 2 bridgehead atoms. The molecule has 3 heteroatoms. The van der Waals surface area contributed by atoms with Gasteiger partial charge in [-0.1, -0.05) is 18.2 Å². The third kappa shape index (κ3) is 1.73. The van der Waals surface area contributed by atoms with Crippen LogP contribution in [0.25, 0.3) is 0 Å². The number of nitrogens with one attached hydrogen (secondary N) is 2. The molecule has 2 saturated heterocycles. The van der Waals surface area contributed by atoms with Crippen molar-refractivity contribution < 1.29 is 4.74 Å². The molecular weight excluding hydrogens is 224 g/mol. The van der Waals surface area contributed by atoms with Gasteiger partial charge in [0.05, 0.1) is 12.2 Å². The van der Waals surface area contributed by atoms with Crippen LogP contribution in [0, 0.1) is 0 Å². The zero-order valence-corrected chi connectivity index (χ0v) is 10.6. The predicted octanol–water partition coefficient (Wildman–Crippen LogP) is 2.06. The molecule has 3 nitrogen and oxygen atoms in total. The Morgan fingerprint density at radius 1 is 1.33 bits per heavy atom. The van der Waals surface area contributed by atoms with Crippen LogP contribution in [0.15, 0.2) is 18.2 Å². The molecule has 18 heavy (non-hydrogen) atoms. The Bertz CT molecular complexity index is 460. The summed E-state index contributed by atoms with van der Waals surface area (Å²) in [4.78, 5) is 0. The van der Waals surface area contributed by atoms with Gasteiger partial charge in [0.2, 0.25) is 0 Å². The Morgan fingerprint density at radius 2 is 2.33 bits per heavy atom. The van der Waals surface area contributed by atoms with Crippen LogP contribution in [-0.2, 0) is 17.7 Å². The van der Waals surface area contributed by atoms with Crippen molar-refractivity contribution in [3.05, 3.63) is 29.3 Å². The van der Waals surface area contributed by atoms with E-state index in [1.54, 1.807) is 0 Å². The molecular formula is C15H20N2O. The summed E-state index contributed by atoms with van der Waals surface area (Å²) in [5, 5.41) is 7.20. The highest BCUT2D eigenvalue weighted by Gasteiger charge is 2.40. The fourth-order valence-electron chi connectivity index (χ4n) is 3.65. The maximum absolute atomic E-state index is 5.89. The first-order valence-corrected chi connectivity index (χ1v) is 7.13. The molecule has 0 spiro atoms. The molecule has 4 rings (SSSR count). The maximum Gasteiger partial charge on any atom is 0.0733 e. The number of hydrogen-bond acceptors (Lipinski definition) is 3. The summed E-state index contributed by atoms with van der Waals surface area (Å²) >= 11 is 0. The van der Waals surface area contributed by atoms with Crippen molar-refractivity contribution >= 4 is 5.69 Å². The summed E-state index contributed by atoms with van der Waals surface area (Å²) in [5.74, 6) is 0. The molecule has 2 N–H and O–H groups in total. The van der Waals surface area contributed by atoms with E-state index in [0.29, 0.717) is 18.2 Å². The predicted molar refractivity (Wildman–Crippen MR) is 71.8 cm³/mol. The van der Waals surface area contributed by atoms with E-state index in [1.165, 1.54) is 42.5 Å². The Labute approximate surface area is 108 Å². The number of anilines is 1. The Hall–Kier alpha value is -1.06. The lowest BCUT2D eigenvalue weighted by molar-refractivity contribution is 0.0973. The van der Waals surface area contributed by atoms with Crippen LogP contribution in [0.1, 0.15) is 30.4 Å². The summed E-state index contributed by atoms with van der Waals surface area (Å²) < 4.78 is 5.89. The molecule has 3 atom stereocenters. The maximum atomic E-state index is 5.89. The molecule has 2 fully saturated rings. The number of benzene rings is 1. The minimum atomic E-state index is 0.472. The van der Waals surface area contributed by atoms with Gasteiger partial charge >= 0.3 is 0 Å². The van der Waals surface area contributed by atoms with Gasteiger partial charge in [-0.15, -0.1) is 0 Å². The lowest BCUT2D eigenvalue weighted by Crippen LogP contribution is -2.37. The first kappa shape index (κ1) is 10.8. The number of rotatable bonds is 3. The Kier molecular flexibility index (Phi) is 2.55. The minimum Gasteiger partial charge on any atom is -0.384 e. The van der Waals surface area contributed by atoms with E-state index in [-0.39, 0.29) is 0 Å². The van der Waals surface area contributed by atoms with E-state index in [9.17, 15) is 0 Å². The van der Waals surface area contributed by atoms with Crippen LogP contribution >= 0.6 is 0 Å². The second kappa shape index (κ2) is 4.25. The Balaban J connectivity index is 1.45. The first-order chi connectivity index (χ1) is 8.90. The topological polar surface area (TPSA) is 33.3 Å². The third-order valence-corrected chi connectivity index (χ3v) is 4.59. The number of para-hydroxylation sites is 1. The lowest BCUT2D eigenvalue weighted by Gasteiger charge is -2.21. The number of hydrogen-bond donors (Lipinski definition) is 2. The number of fused-ring (bicyclic) bond motifs is 3. The van der Waals surface area contributed by atoms with Crippen molar-refractivity contribution in [3.63, 3.8) is 0 Å². The van der Waals surface area contributed by atoms with E-state index in [0.717, 1.165) is 13.1 Å². The number of ether oxygens (including phenoxy) is 1. The average Bonchev–Trinajstić information content (AvgIpc) is 3.11. The normalized spacial score (nSPS) is 32.6. The zero-order valence-electron chi connectivity index (χ0n) is 10.6. The molecule has 3 aliphatic heterocycles. The van der Waals surface area contributed by atoms with Gasteiger partial charge in [0.25, 0.3) is 0 Å².